The highest BCUT2D eigenvalue weighted by Gasteiger charge is 2.34. The number of amides is 2. The van der Waals surface area contributed by atoms with E-state index >= 15 is 0 Å². The van der Waals surface area contributed by atoms with Crippen molar-refractivity contribution in [3.05, 3.63) is 23.5 Å². The lowest BCUT2D eigenvalue weighted by atomic mass is 10.0. The Labute approximate surface area is 137 Å². The Kier molecular flexibility index (Phi) is 8.22. The van der Waals surface area contributed by atoms with Crippen LogP contribution in [0.5, 0.6) is 0 Å². The van der Waals surface area contributed by atoms with Gasteiger partial charge in [-0.05, 0) is 32.6 Å². The largest absolute Gasteiger partial charge is 0.364 e. The zero-order chi connectivity index (χ0) is 17.2. The first-order valence-electron chi connectivity index (χ1n) is 8.12. The molecule has 0 spiro atoms. The van der Waals surface area contributed by atoms with Crippen LogP contribution in [0.2, 0.25) is 0 Å². The van der Waals surface area contributed by atoms with Gasteiger partial charge in [-0.15, -0.1) is 0 Å². The van der Waals surface area contributed by atoms with Crippen molar-refractivity contribution in [1.82, 2.24) is 10.2 Å². The number of halogens is 1. The Balaban J connectivity index is 2.72. The second-order valence-electron chi connectivity index (χ2n) is 5.36. The molecule has 1 fully saturated rings. The predicted molar refractivity (Wildman–Crippen MR) is 89.5 cm³/mol. The molecule has 23 heavy (non-hydrogen) atoms. The average molecular weight is 323 g/mol. The van der Waals surface area contributed by atoms with E-state index in [1.807, 2.05) is 19.9 Å². The molecule has 5 nitrogen and oxygen atoms in total. The number of carbonyl (C=O) groups excluding carboxylic acids is 2. The Bertz CT molecular complexity index is 512. The Morgan fingerprint density at radius 3 is 2.74 bits per heavy atom. The lowest BCUT2D eigenvalue weighted by Crippen LogP contribution is -2.52. The predicted octanol–water partition coefficient (Wildman–Crippen LogP) is 3.09. The maximum atomic E-state index is 12.4. The summed E-state index contributed by atoms with van der Waals surface area (Å²) in [6.07, 6.45) is 7.66. The van der Waals surface area contributed by atoms with Crippen molar-refractivity contribution in [3.63, 3.8) is 0 Å². The molecule has 6 heteroatoms. The Hall–Kier alpha value is -1.98. The van der Waals surface area contributed by atoms with E-state index in [1.165, 1.54) is 11.2 Å². The molecule has 1 heterocycles. The number of imide groups is 1. The number of nitrogens with one attached hydrogen (secondary N) is 1. The minimum Gasteiger partial charge on any atom is -0.364 e. The van der Waals surface area contributed by atoms with Gasteiger partial charge < -0.3 is 5.32 Å². The van der Waals surface area contributed by atoms with Crippen LogP contribution in [-0.4, -0.2) is 35.8 Å². The first-order valence-corrected chi connectivity index (χ1v) is 8.12. The maximum absolute atomic E-state index is 12.4. The lowest BCUT2D eigenvalue weighted by Gasteiger charge is -2.31. The van der Waals surface area contributed by atoms with Crippen molar-refractivity contribution < 1.29 is 14.0 Å². The molecule has 2 amide bonds. The SMILES string of the molecule is CC/C=C(/C)N1C(=O)CCC(N/C=N\C(=C/CCF)CC)C1=O. The van der Waals surface area contributed by atoms with Crippen LogP contribution < -0.4 is 5.32 Å². The molecule has 0 bridgehead atoms. The second kappa shape index (κ2) is 9.92. The lowest BCUT2D eigenvalue weighted by molar-refractivity contribution is -0.146. The van der Waals surface area contributed by atoms with Crippen LogP contribution in [0.25, 0.3) is 0 Å². The number of hydrogen-bond donors (Lipinski definition) is 1. The van der Waals surface area contributed by atoms with E-state index in [-0.39, 0.29) is 11.8 Å². The summed E-state index contributed by atoms with van der Waals surface area (Å²) in [5.74, 6) is -0.412. The summed E-state index contributed by atoms with van der Waals surface area (Å²) < 4.78 is 12.2. The smallest absolute Gasteiger partial charge is 0.255 e. The Morgan fingerprint density at radius 1 is 1.39 bits per heavy atom. The third-order valence-corrected chi connectivity index (χ3v) is 3.62. The molecular weight excluding hydrogens is 297 g/mol. The molecule has 0 aromatic heterocycles. The monoisotopic (exact) mass is 323 g/mol. The van der Waals surface area contributed by atoms with Gasteiger partial charge in [-0.2, -0.15) is 0 Å². The van der Waals surface area contributed by atoms with Crippen LogP contribution in [0.1, 0.15) is 52.9 Å². The van der Waals surface area contributed by atoms with Gasteiger partial charge in [-0.3, -0.25) is 18.9 Å². The molecule has 0 saturated carbocycles. The van der Waals surface area contributed by atoms with Gasteiger partial charge in [0.25, 0.3) is 5.91 Å². The highest BCUT2D eigenvalue weighted by Crippen LogP contribution is 2.18. The number of piperidine rings is 1. The minimum absolute atomic E-state index is 0.163. The van der Waals surface area contributed by atoms with Crippen molar-refractivity contribution in [3.8, 4) is 0 Å². The highest BCUT2D eigenvalue weighted by molar-refractivity contribution is 6.02. The van der Waals surface area contributed by atoms with Crippen LogP contribution in [0.15, 0.2) is 28.5 Å². The van der Waals surface area contributed by atoms with Gasteiger partial charge in [-0.25, -0.2) is 4.99 Å². The molecule has 0 radical (unpaired) electrons. The molecule has 1 atom stereocenters. The molecule has 1 N–H and O–H groups in total. The van der Waals surface area contributed by atoms with Crippen LogP contribution in [0.4, 0.5) is 4.39 Å². The zero-order valence-electron chi connectivity index (χ0n) is 14.1. The van der Waals surface area contributed by atoms with E-state index in [9.17, 15) is 14.0 Å². The van der Waals surface area contributed by atoms with Crippen molar-refractivity contribution in [2.75, 3.05) is 6.67 Å². The van der Waals surface area contributed by atoms with Crippen molar-refractivity contribution in [2.45, 2.75) is 58.9 Å². The third-order valence-electron chi connectivity index (χ3n) is 3.62. The molecule has 0 aromatic rings. The molecular formula is C17H26FN3O2. The second-order valence-corrected chi connectivity index (χ2v) is 5.36. The summed E-state index contributed by atoms with van der Waals surface area (Å²) in [6.45, 7) is 5.26. The van der Waals surface area contributed by atoms with Crippen LogP contribution in [0.3, 0.4) is 0 Å². The number of carbonyl (C=O) groups is 2. The first kappa shape index (κ1) is 19.1. The summed E-state index contributed by atoms with van der Waals surface area (Å²) in [5.41, 5.74) is 1.44. The number of aliphatic imine (C=N–C) groups is 1. The fraction of sp³-hybridized carbons (Fsp3) is 0.588. The molecule has 1 aliphatic rings. The van der Waals surface area contributed by atoms with Crippen LogP contribution in [-0.2, 0) is 9.59 Å². The topological polar surface area (TPSA) is 61.8 Å². The molecule has 0 aromatic carbocycles. The summed E-state index contributed by atoms with van der Waals surface area (Å²) in [6, 6.07) is -0.462. The molecule has 1 saturated heterocycles. The normalized spacial score (nSPS) is 20.5. The minimum atomic E-state index is -0.462. The molecule has 0 aliphatic carbocycles. The molecule has 1 rings (SSSR count). The van der Waals surface area contributed by atoms with Gasteiger partial charge in [0.05, 0.1) is 13.0 Å². The fourth-order valence-corrected chi connectivity index (χ4v) is 2.41. The highest BCUT2D eigenvalue weighted by atomic mass is 19.1. The summed E-state index contributed by atoms with van der Waals surface area (Å²) >= 11 is 0. The summed E-state index contributed by atoms with van der Waals surface area (Å²) in [5, 5.41) is 2.96. The van der Waals surface area contributed by atoms with Crippen LogP contribution in [0, 0.1) is 0 Å². The van der Waals surface area contributed by atoms with E-state index in [0.717, 1.165) is 12.1 Å². The standard InChI is InChI=1S/C17H26FN3O2/c1-4-7-13(3)21-16(22)10-9-15(17(21)23)20-12-19-14(5-2)8-6-11-18/h7-8,12,15H,4-6,9-11H2,1-3H3,(H,19,20)/b13-7-,14-8-. The maximum Gasteiger partial charge on any atom is 0.255 e. The third kappa shape index (κ3) is 5.62. The number of likely N-dealkylation sites (tertiary alicyclic amines) is 1. The van der Waals surface area contributed by atoms with E-state index in [0.29, 0.717) is 31.4 Å². The molecule has 1 unspecified atom stereocenters. The zero-order valence-corrected chi connectivity index (χ0v) is 14.1. The number of alkyl halides is 1. The van der Waals surface area contributed by atoms with Crippen molar-refractivity contribution in [1.29, 1.82) is 0 Å². The van der Waals surface area contributed by atoms with E-state index in [1.54, 1.807) is 13.0 Å². The van der Waals surface area contributed by atoms with Gasteiger partial charge in [0.1, 0.15) is 6.04 Å². The average Bonchev–Trinajstić information content (AvgIpc) is 2.53. The molecule has 1 aliphatic heterocycles. The Morgan fingerprint density at radius 2 is 2.13 bits per heavy atom. The van der Waals surface area contributed by atoms with Gasteiger partial charge in [0, 0.05) is 17.8 Å². The van der Waals surface area contributed by atoms with Gasteiger partial charge in [0.15, 0.2) is 0 Å². The van der Waals surface area contributed by atoms with Crippen LogP contribution >= 0.6 is 0 Å². The van der Waals surface area contributed by atoms with Gasteiger partial charge in [0.2, 0.25) is 5.91 Å². The van der Waals surface area contributed by atoms with E-state index < -0.39 is 12.7 Å². The van der Waals surface area contributed by atoms with E-state index in [4.69, 9.17) is 0 Å². The van der Waals surface area contributed by atoms with Crippen molar-refractivity contribution >= 4 is 18.2 Å². The van der Waals surface area contributed by atoms with Gasteiger partial charge >= 0.3 is 0 Å². The number of nitrogens with zero attached hydrogens (tertiary/aromatic N) is 2. The quantitative estimate of drug-likeness (QED) is 0.424. The molecule has 128 valence electrons. The number of allylic oxidation sites excluding steroid dienone is 4. The fourth-order valence-electron chi connectivity index (χ4n) is 2.41. The van der Waals surface area contributed by atoms with E-state index in [2.05, 4.69) is 10.3 Å². The summed E-state index contributed by atoms with van der Waals surface area (Å²) in [4.78, 5) is 29.9. The number of rotatable bonds is 8. The van der Waals surface area contributed by atoms with Gasteiger partial charge in [-0.1, -0.05) is 26.0 Å². The summed E-state index contributed by atoms with van der Waals surface area (Å²) in [7, 11) is 0. The van der Waals surface area contributed by atoms with Crippen molar-refractivity contribution in [2.24, 2.45) is 4.99 Å². The number of hydrogen-bond acceptors (Lipinski definition) is 3. The first-order chi connectivity index (χ1) is 11.0.